The first-order valence-electron chi connectivity index (χ1n) is 7.70. The van der Waals surface area contributed by atoms with Gasteiger partial charge in [0.2, 0.25) is 0 Å². The second kappa shape index (κ2) is 7.68. The van der Waals surface area contributed by atoms with E-state index < -0.39 is 6.10 Å². The summed E-state index contributed by atoms with van der Waals surface area (Å²) in [6, 6.07) is 6.40. The predicted molar refractivity (Wildman–Crippen MR) is 88.0 cm³/mol. The van der Waals surface area contributed by atoms with Crippen molar-refractivity contribution in [3.05, 3.63) is 29.3 Å². The average Bonchev–Trinajstić information content (AvgIpc) is 2.91. The molecule has 0 aliphatic heterocycles. The third kappa shape index (κ3) is 4.77. The lowest BCUT2D eigenvalue weighted by Crippen LogP contribution is -2.39. The molecule has 1 aliphatic carbocycles. The number of benzene rings is 1. The van der Waals surface area contributed by atoms with E-state index in [2.05, 4.69) is 23.5 Å². The molecule has 1 aromatic carbocycles. The van der Waals surface area contributed by atoms with E-state index in [1.54, 1.807) is 6.92 Å². The monoisotopic (exact) mass is 321 g/mol. The number of nitrogens with one attached hydrogen (secondary N) is 1. The van der Waals surface area contributed by atoms with Crippen molar-refractivity contribution < 1.29 is 14.3 Å². The second-order valence-electron chi connectivity index (χ2n) is 5.87. The zero-order chi connectivity index (χ0) is 16.1. The maximum absolute atomic E-state index is 11.8. The van der Waals surface area contributed by atoms with Crippen molar-refractivity contribution >= 4 is 23.6 Å². The molecule has 0 bridgehead atoms. The Morgan fingerprint density at radius 3 is 2.68 bits per heavy atom. The maximum Gasteiger partial charge on any atom is 0.317 e. The Kier molecular flexibility index (Phi) is 5.89. The van der Waals surface area contributed by atoms with E-state index in [-0.39, 0.29) is 23.7 Å². The van der Waals surface area contributed by atoms with Gasteiger partial charge in [0.15, 0.2) is 6.10 Å². The number of hydrogen-bond donors (Lipinski definition) is 1. The highest BCUT2D eigenvalue weighted by atomic mass is 32.2. The fourth-order valence-electron chi connectivity index (χ4n) is 2.47. The van der Waals surface area contributed by atoms with Crippen molar-refractivity contribution in [3.63, 3.8) is 0 Å². The third-order valence-electron chi connectivity index (χ3n) is 3.54. The molecule has 0 heterocycles. The molecule has 0 fully saturated rings. The zero-order valence-electron chi connectivity index (χ0n) is 13.3. The molecule has 22 heavy (non-hydrogen) atoms. The van der Waals surface area contributed by atoms with Gasteiger partial charge in [-0.25, -0.2) is 0 Å². The summed E-state index contributed by atoms with van der Waals surface area (Å²) in [5, 5.41) is 2.73. The number of carbonyl (C=O) groups excluding carboxylic acids is 2. The third-order valence-corrected chi connectivity index (χ3v) is 4.50. The molecule has 0 radical (unpaired) electrons. The highest BCUT2D eigenvalue weighted by Crippen LogP contribution is 2.27. The topological polar surface area (TPSA) is 55.4 Å². The van der Waals surface area contributed by atoms with Crippen LogP contribution in [-0.2, 0) is 27.2 Å². The number of fused-ring (bicyclic) bond motifs is 1. The highest BCUT2D eigenvalue weighted by Gasteiger charge is 2.18. The molecule has 2 rings (SSSR count). The van der Waals surface area contributed by atoms with E-state index >= 15 is 0 Å². The van der Waals surface area contributed by atoms with Crippen LogP contribution in [0.2, 0.25) is 0 Å². The fourth-order valence-corrected chi connectivity index (χ4v) is 3.21. The SMILES string of the molecule is CC(C)NC(=O)C(C)OC(=O)CSc1ccc2c(c1)CCC2. The summed E-state index contributed by atoms with van der Waals surface area (Å²) in [7, 11) is 0. The fraction of sp³-hybridized carbons (Fsp3) is 0.529. The van der Waals surface area contributed by atoms with Gasteiger partial charge < -0.3 is 10.1 Å². The lowest BCUT2D eigenvalue weighted by Gasteiger charge is -2.15. The van der Waals surface area contributed by atoms with Gasteiger partial charge in [-0.1, -0.05) is 6.07 Å². The summed E-state index contributed by atoms with van der Waals surface area (Å²) in [6.45, 7) is 5.34. The van der Waals surface area contributed by atoms with Crippen LogP contribution >= 0.6 is 11.8 Å². The molecule has 1 N–H and O–H groups in total. The summed E-state index contributed by atoms with van der Waals surface area (Å²) >= 11 is 1.46. The van der Waals surface area contributed by atoms with Crippen LogP contribution < -0.4 is 5.32 Å². The minimum Gasteiger partial charge on any atom is -0.452 e. The van der Waals surface area contributed by atoms with Crippen LogP contribution in [0.15, 0.2) is 23.1 Å². The van der Waals surface area contributed by atoms with Crippen molar-refractivity contribution in [2.75, 3.05) is 5.75 Å². The Morgan fingerprint density at radius 1 is 1.23 bits per heavy atom. The number of esters is 1. The van der Waals surface area contributed by atoms with E-state index in [9.17, 15) is 9.59 Å². The summed E-state index contributed by atoms with van der Waals surface area (Å²) in [6.07, 6.45) is 2.75. The van der Waals surface area contributed by atoms with Gasteiger partial charge in [-0.2, -0.15) is 0 Å². The van der Waals surface area contributed by atoms with Gasteiger partial charge in [-0.15, -0.1) is 11.8 Å². The molecule has 4 nitrogen and oxygen atoms in total. The minimum atomic E-state index is -0.754. The number of thioether (sulfide) groups is 1. The summed E-state index contributed by atoms with van der Waals surface area (Å²) in [5.41, 5.74) is 2.81. The van der Waals surface area contributed by atoms with E-state index in [0.717, 1.165) is 17.7 Å². The normalized spacial score (nSPS) is 14.5. The molecule has 0 aromatic heterocycles. The Bertz CT molecular complexity index is 557. The van der Waals surface area contributed by atoms with Crippen molar-refractivity contribution in [1.82, 2.24) is 5.32 Å². The molecule has 1 unspecified atom stereocenters. The van der Waals surface area contributed by atoms with E-state index in [4.69, 9.17) is 4.74 Å². The number of carbonyl (C=O) groups is 2. The molecule has 1 aliphatic rings. The van der Waals surface area contributed by atoms with Crippen molar-refractivity contribution in [3.8, 4) is 0 Å². The molecule has 0 spiro atoms. The van der Waals surface area contributed by atoms with Crippen LogP contribution in [0.5, 0.6) is 0 Å². The highest BCUT2D eigenvalue weighted by molar-refractivity contribution is 8.00. The van der Waals surface area contributed by atoms with Gasteiger partial charge in [0.1, 0.15) is 0 Å². The molecule has 1 atom stereocenters. The van der Waals surface area contributed by atoms with Gasteiger partial charge in [0.25, 0.3) is 5.91 Å². The number of rotatable bonds is 6. The summed E-state index contributed by atoms with van der Waals surface area (Å²) in [4.78, 5) is 24.6. The largest absolute Gasteiger partial charge is 0.452 e. The van der Waals surface area contributed by atoms with Gasteiger partial charge in [0.05, 0.1) is 5.75 Å². The maximum atomic E-state index is 11.8. The van der Waals surface area contributed by atoms with Crippen LogP contribution in [-0.4, -0.2) is 29.8 Å². The Labute approximate surface area is 136 Å². The first-order valence-corrected chi connectivity index (χ1v) is 8.68. The van der Waals surface area contributed by atoms with Crippen LogP contribution in [0.4, 0.5) is 0 Å². The lowest BCUT2D eigenvalue weighted by molar-refractivity contribution is -0.152. The number of amides is 1. The Hall–Kier alpha value is -1.49. The van der Waals surface area contributed by atoms with Crippen LogP contribution in [0.25, 0.3) is 0 Å². The van der Waals surface area contributed by atoms with Crippen molar-refractivity contribution in [1.29, 1.82) is 0 Å². The molecule has 0 saturated carbocycles. The van der Waals surface area contributed by atoms with E-state index in [1.165, 1.54) is 29.3 Å². The van der Waals surface area contributed by atoms with Gasteiger partial charge in [-0.3, -0.25) is 9.59 Å². The summed E-state index contributed by atoms with van der Waals surface area (Å²) in [5.74, 6) is -0.402. The molecule has 5 heteroatoms. The first kappa shape index (κ1) is 16.9. The number of hydrogen-bond acceptors (Lipinski definition) is 4. The van der Waals surface area contributed by atoms with Gasteiger partial charge in [-0.05, 0) is 63.3 Å². The zero-order valence-corrected chi connectivity index (χ0v) is 14.2. The standard InChI is InChI=1S/C17H23NO3S/c1-11(2)18-17(20)12(3)21-16(19)10-22-15-8-7-13-5-4-6-14(13)9-15/h7-9,11-12H,4-6,10H2,1-3H3,(H,18,20). The van der Waals surface area contributed by atoms with Crippen LogP contribution in [0.3, 0.4) is 0 Å². The second-order valence-corrected chi connectivity index (χ2v) is 6.92. The van der Waals surface area contributed by atoms with E-state index in [1.807, 2.05) is 13.8 Å². The molecule has 1 amide bonds. The average molecular weight is 321 g/mol. The first-order chi connectivity index (χ1) is 10.5. The molecule has 1 aromatic rings. The predicted octanol–water partition coefficient (Wildman–Crippen LogP) is 2.72. The summed E-state index contributed by atoms with van der Waals surface area (Å²) < 4.78 is 5.16. The van der Waals surface area contributed by atoms with Gasteiger partial charge >= 0.3 is 5.97 Å². The number of ether oxygens (including phenoxy) is 1. The Balaban J connectivity index is 1.79. The van der Waals surface area contributed by atoms with Crippen LogP contribution in [0.1, 0.15) is 38.3 Å². The van der Waals surface area contributed by atoms with Crippen molar-refractivity contribution in [2.45, 2.75) is 57.1 Å². The molecular weight excluding hydrogens is 298 g/mol. The van der Waals surface area contributed by atoms with E-state index in [0.29, 0.717) is 0 Å². The molecule has 120 valence electrons. The molecule has 0 saturated heterocycles. The molecular formula is C17H23NO3S. The minimum absolute atomic E-state index is 0.0365. The Morgan fingerprint density at radius 2 is 1.95 bits per heavy atom. The van der Waals surface area contributed by atoms with Gasteiger partial charge in [0, 0.05) is 10.9 Å². The van der Waals surface area contributed by atoms with Crippen LogP contribution in [0, 0.1) is 0 Å². The van der Waals surface area contributed by atoms with Crippen molar-refractivity contribution in [2.24, 2.45) is 0 Å². The quantitative estimate of drug-likeness (QED) is 0.646. The number of aryl methyl sites for hydroxylation is 2. The smallest absolute Gasteiger partial charge is 0.317 e. The lowest BCUT2D eigenvalue weighted by atomic mass is 10.1.